The summed E-state index contributed by atoms with van der Waals surface area (Å²) in [6, 6.07) is 0. The molecule has 0 spiro atoms. The Morgan fingerprint density at radius 3 is 2.73 bits per heavy atom. The maximum atomic E-state index is 12.3. The first-order chi connectivity index (χ1) is 6.82. The van der Waals surface area contributed by atoms with E-state index in [-0.39, 0.29) is 19.6 Å². The number of hydrogen-bond donors (Lipinski definition) is 0. The maximum absolute atomic E-state index is 12.3. The second kappa shape index (κ2) is 4.39. The average Bonchev–Trinajstić information content (AvgIpc) is 2.47. The molecule has 1 fully saturated rings. The predicted octanol–water partition coefficient (Wildman–Crippen LogP) is 2.03. The zero-order chi connectivity index (χ0) is 11.7. The number of rotatable bonds is 3. The van der Waals surface area contributed by atoms with E-state index in [2.05, 4.69) is 15.9 Å². The Morgan fingerprint density at radius 2 is 2.27 bits per heavy atom. The standard InChI is InChI=1S/C8H10BrF3O3/c1-2-14-6-7(9,3-4-15-6)5(13)8(10,11)12/h6H,2-4H2,1H3. The van der Waals surface area contributed by atoms with E-state index in [1.165, 1.54) is 0 Å². The predicted molar refractivity (Wildman–Crippen MR) is 48.7 cm³/mol. The third kappa shape index (κ3) is 2.51. The third-order valence-corrected chi connectivity index (χ3v) is 3.19. The third-order valence-electron chi connectivity index (χ3n) is 2.06. The van der Waals surface area contributed by atoms with Gasteiger partial charge in [0.15, 0.2) is 6.29 Å². The second-order valence-electron chi connectivity index (χ2n) is 3.10. The molecule has 2 unspecified atom stereocenters. The number of hydrogen-bond acceptors (Lipinski definition) is 3. The Labute approximate surface area is 93.0 Å². The summed E-state index contributed by atoms with van der Waals surface area (Å²) < 4.78 is 44.9. The van der Waals surface area contributed by atoms with Crippen LogP contribution in [0.1, 0.15) is 13.3 Å². The lowest BCUT2D eigenvalue weighted by molar-refractivity contribution is -0.184. The first kappa shape index (κ1) is 12.9. The Morgan fingerprint density at radius 1 is 1.67 bits per heavy atom. The van der Waals surface area contributed by atoms with Crippen molar-refractivity contribution in [3.8, 4) is 0 Å². The molecule has 1 saturated heterocycles. The van der Waals surface area contributed by atoms with E-state index in [4.69, 9.17) is 9.47 Å². The van der Waals surface area contributed by atoms with Gasteiger partial charge >= 0.3 is 6.18 Å². The molecule has 0 aliphatic carbocycles. The number of ether oxygens (including phenoxy) is 2. The van der Waals surface area contributed by atoms with Gasteiger partial charge in [-0.2, -0.15) is 13.2 Å². The van der Waals surface area contributed by atoms with Gasteiger partial charge in [-0.05, 0) is 13.3 Å². The minimum atomic E-state index is -4.88. The van der Waals surface area contributed by atoms with E-state index in [0.717, 1.165) is 0 Å². The van der Waals surface area contributed by atoms with Crippen LogP contribution in [0.2, 0.25) is 0 Å². The molecular formula is C8H10BrF3O3. The van der Waals surface area contributed by atoms with Crippen molar-refractivity contribution < 1.29 is 27.4 Å². The lowest BCUT2D eigenvalue weighted by Gasteiger charge is -2.26. The first-order valence-electron chi connectivity index (χ1n) is 4.36. The molecule has 0 bridgehead atoms. The molecule has 0 aromatic rings. The highest BCUT2D eigenvalue weighted by atomic mass is 79.9. The summed E-state index contributed by atoms with van der Waals surface area (Å²) in [4.78, 5) is 11.1. The van der Waals surface area contributed by atoms with E-state index in [9.17, 15) is 18.0 Å². The molecule has 0 N–H and O–H groups in total. The summed E-state index contributed by atoms with van der Waals surface area (Å²) in [5.41, 5.74) is 0. The van der Waals surface area contributed by atoms with Crippen molar-refractivity contribution in [1.82, 2.24) is 0 Å². The molecule has 2 atom stereocenters. The zero-order valence-electron chi connectivity index (χ0n) is 7.94. The normalized spacial score (nSPS) is 31.9. The van der Waals surface area contributed by atoms with Crippen LogP contribution in [0.3, 0.4) is 0 Å². The van der Waals surface area contributed by atoms with Crippen molar-refractivity contribution >= 4 is 21.7 Å². The van der Waals surface area contributed by atoms with Crippen molar-refractivity contribution in [3.05, 3.63) is 0 Å². The van der Waals surface area contributed by atoms with Gasteiger partial charge in [-0.25, -0.2) is 0 Å². The summed E-state index contributed by atoms with van der Waals surface area (Å²) >= 11 is 2.80. The molecular weight excluding hydrogens is 281 g/mol. The lowest BCUT2D eigenvalue weighted by Crippen LogP contribution is -2.48. The second-order valence-corrected chi connectivity index (χ2v) is 4.51. The Kier molecular flexibility index (Phi) is 3.78. The van der Waals surface area contributed by atoms with Gasteiger partial charge in [0, 0.05) is 6.61 Å². The molecule has 88 valence electrons. The largest absolute Gasteiger partial charge is 0.451 e. The molecule has 0 aromatic carbocycles. The van der Waals surface area contributed by atoms with Crippen LogP contribution in [0.15, 0.2) is 0 Å². The van der Waals surface area contributed by atoms with Crippen molar-refractivity contribution in [3.63, 3.8) is 0 Å². The molecule has 15 heavy (non-hydrogen) atoms. The lowest BCUT2D eigenvalue weighted by atomic mass is 10.0. The fourth-order valence-corrected chi connectivity index (χ4v) is 2.00. The van der Waals surface area contributed by atoms with Crippen LogP contribution < -0.4 is 0 Å². The molecule has 1 rings (SSSR count). The highest BCUT2D eigenvalue weighted by Crippen LogP contribution is 2.41. The highest BCUT2D eigenvalue weighted by Gasteiger charge is 2.58. The Balaban J connectivity index is 2.85. The van der Waals surface area contributed by atoms with Crippen LogP contribution in [0.25, 0.3) is 0 Å². The highest BCUT2D eigenvalue weighted by molar-refractivity contribution is 9.10. The fourth-order valence-electron chi connectivity index (χ4n) is 1.35. The number of ketones is 1. The SMILES string of the molecule is CCOC1OCCC1(Br)C(=O)C(F)(F)F. The van der Waals surface area contributed by atoms with Crippen LogP contribution >= 0.6 is 15.9 Å². The molecule has 1 aliphatic heterocycles. The molecule has 1 aliphatic rings. The minimum Gasteiger partial charge on any atom is -0.351 e. The molecule has 0 saturated carbocycles. The summed E-state index contributed by atoms with van der Waals surface area (Å²) in [5.74, 6) is -1.86. The van der Waals surface area contributed by atoms with Crippen LogP contribution in [0.5, 0.6) is 0 Å². The van der Waals surface area contributed by atoms with Gasteiger partial charge in [0.25, 0.3) is 5.78 Å². The van der Waals surface area contributed by atoms with Crippen molar-refractivity contribution in [2.75, 3.05) is 13.2 Å². The monoisotopic (exact) mass is 290 g/mol. The first-order valence-corrected chi connectivity index (χ1v) is 5.15. The van der Waals surface area contributed by atoms with E-state index in [0.29, 0.717) is 0 Å². The quantitative estimate of drug-likeness (QED) is 0.746. The number of Topliss-reactive ketones (excluding diaryl/α,β-unsaturated/α-hetero) is 1. The van der Waals surface area contributed by atoms with Crippen LogP contribution in [-0.4, -0.2) is 35.8 Å². The topological polar surface area (TPSA) is 35.5 Å². The number of halogens is 4. The van der Waals surface area contributed by atoms with Gasteiger partial charge in [-0.15, -0.1) is 0 Å². The van der Waals surface area contributed by atoms with Crippen LogP contribution in [0, 0.1) is 0 Å². The summed E-state index contributed by atoms with van der Waals surface area (Å²) in [5, 5.41) is 0. The molecule has 7 heteroatoms. The van der Waals surface area contributed by atoms with E-state index >= 15 is 0 Å². The van der Waals surface area contributed by atoms with Gasteiger partial charge in [0.05, 0.1) is 6.61 Å². The number of alkyl halides is 4. The molecule has 3 nitrogen and oxygen atoms in total. The average molecular weight is 291 g/mol. The van der Waals surface area contributed by atoms with E-state index in [1.807, 2.05) is 0 Å². The van der Waals surface area contributed by atoms with Crippen molar-refractivity contribution in [2.24, 2.45) is 0 Å². The van der Waals surface area contributed by atoms with Crippen LogP contribution in [0.4, 0.5) is 13.2 Å². The van der Waals surface area contributed by atoms with Gasteiger partial charge in [-0.1, -0.05) is 15.9 Å². The fraction of sp³-hybridized carbons (Fsp3) is 0.875. The van der Waals surface area contributed by atoms with Gasteiger partial charge in [0.1, 0.15) is 4.32 Å². The summed E-state index contributed by atoms with van der Waals surface area (Å²) in [7, 11) is 0. The van der Waals surface area contributed by atoms with Gasteiger partial charge < -0.3 is 9.47 Å². The van der Waals surface area contributed by atoms with Gasteiger partial charge in [0.2, 0.25) is 0 Å². The molecule has 0 radical (unpaired) electrons. The Bertz CT molecular complexity index is 256. The summed E-state index contributed by atoms with van der Waals surface area (Å²) in [6.07, 6.45) is -6.10. The number of carbonyl (C=O) groups is 1. The molecule has 0 amide bonds. The molecule has 1 heterocycles. The van der Waals surface area contributed by atoms with Crippen molar-refractivity contribution in [2.45, 2.75) is 30.1 Å². The smallest absolute Gasteiger partial charge is 0.351 e. The van der Waals surface area contributed by atoms with E-state index in [1.54, 1.807) is 6.92 Å². The van der Waals surface area contributed by atoms with Gasteiger partial charge in [-0.3, -0.25) is 4.79 Å². The van der Waals surface area contributed by atoms with Crippen LogP contribution in [-0.2, 0) is 14.3 Å². The van der Waals surface area contributed by atoms with E-state index < -0.39 is 22.6 Å². The van der Waals surface area contributed by atoms with Crippen molar-refractivity contribution in [1.29, 1.82) is 0 Å². The maximum Gasteiger partial charge on any atom is 0.451 e. The minimum absolute atomic E-state index is 0.0456. The number of carbonyl (C=O) groups excluding carboxylic acids is 1. The summed E-state index contributed by atoms with van der Waals surface area (Å²) in [6.45, 7) is 1.87. The Hall–Kier alpha value is -0.140. The zero-order valence-corrected chi connectivity index (χ0v) is 9.52. The molecule has 0 aromatic heterocycles.